The van der Waals surface area contributed by atoms with Gasteiger partial charge in [-0.25, -0.2) is 0 Å². The molecule has 0 amide bonds. The minimum absolute atomic E-state index is 0.336. The molecule has 1 N–H and O–H groups in total. The van der Waals surface area contributed by atoms with Gasteiger partial charge in [-0.05, 0) is 42.5 Å². The van der Waals surface area contributed by atoms with E-state index in [1.54, 1.807) is 12.1 Å². The first kappa shape index (κ1) is 12.0. The van der Waals surface area contributed by atoms with Gasteiger partial charge in [0.2, 0.25) is 0 Å². The van der Waals surface area contributed by atoms with Crippen LogP contribution in [0.5, 0.6) is 5.75 Å². The standard InChI is InChI=1S/C16H20O/c1-3-4-5-12(2)15-10-11-16(15)13-6-8-14(17)9-7-13/h6-10,16-17H,2-5,11H2,1H3. The predicted octanol–water partition coefficient (Wildman–Crippen LogP) is 4.55. The molecule has 1 aromatic rings. The van der Waals surface area contributed by atoms with Gasteiger partial charge < -0.3 is 5.11 Å². The first-order chi connectivity index (χ1) is 8.22. The molecule has 90 valence electrons. The maximum Gasteiger partial charge on any atom is 0.115 e. The number of allylic oxidation sites excluding steroid dienone is 3. The second-order valence-electron chi connectivity index (χ2n) is 4.75. The van der Waals surface area contributed by atoms with Crippen LogP contribution in [-0.4, -0.2) is 5.11 Å². The Bertz CT molecular complexity index is 425. The van der Waals surface area contributed by atoms with Crippen LogP contribution in [0.3, 0.4) is 0 Å². The zero-order valence-electron chi connectivity index (χ0n) is 10.4. The summed E-state index contributed by atoms with van der Waals surface area (Å²) in [4.78, 5) is 0. The minimum atomic E-state index is 0.336. The van der Waals surface area contributed by atoms with Gasteiger partial charge in [0, 0.05) is 5.92 Å². The Hall–Kier alpha value is -1.50. The molecule has 2 rings (SSSR count). The fraction of sp³-hybridized carbons (Fsp3) is 0.375. The van der Waals surface area contributed by atoms with Crippen LogP contribution in [-0.2, 0) is 0 Å². The number of phenols is 1. The lowest BCUT2D eigenvalue weighted by molar-refractivity contribution is 0.475. The van der Waals surface area contributed by atoms with Crippen LogP contribution in [0.4, 0.5) is 0 Å². The lowest BCUT2D eigenvalue weighted by atomic mass is 9.75. The van der Waals surface area contributed by atoms with Gasteiger partial charge in [-0.15, -0.1) is 0 Å². The zero-order valence-corrected chi connectivity index (χ0v) is 10.4. The fourth-order valence-corrected chi connectivity index (χ4v) is 2.30. The molecule has 0 fully saturated rings. The molecule has 0 bridgehead atoms. The molecule has 1 aliphatic carbocycles. The molecule has 0 aliphatic heterocycles. The van der Waals surface area contributed by atoms with Crippen LogP contribution in [0.1, 0.15) is 44.1 Å². The molecule has 1 heteroatoms. The summed E-state index contributed by atoms with van der Waals surface area (Å²) in [5, 5.41) is 9.29. The van der Waals surface area contributed by atoms with Crippen LogP contribution in [0, 0.1) is 0 Å². The van der Waals surface area contributed by atoms with Crippen molar-refractivity contribution in [3.05, 3.63) is 53.6 Å². The van der Waals surface area contributed by atoms with Crippen molar-refractivity contribution in [2.45, 2.75) is 38.5 Å². The first-order valence-electron chi connectivity index (χ1n) is 6.39. The van der Waals surface area contributed by atoms with Gasteiger partial charge >= 0.3 is 0 Å². The summed E-state index contributed by atoms with van der Waals surface area (Å²) in [5.74, 6) is 0.836. The van der Waals surface area contributed by atoms with Crippen LogP contribution in [0.15, 0.2) is 48.1 Å². The minimum Gasteiger partial charge on any atom is -0.508 e. The Kier molecular flexibility index (Phi) is 3.68. The molecule has 1 unspecified atom stereocenters. The second-order valence-corrected chi connectivity index (χ2v) is 4.75. The van der Waals surface area contributed by atoms with Gasteiger partial charge in [0.1, 0.15) is 5.75 Å². The van der Waals surface area contributed by atoms with Crippen molar-refractivity contribution in [2.24, 2.45) is 0 Å². The normalized spacial score (nSPS) is 18.4. The highest BCUT2D eigenvalue weighted by Crippen LogP contribution is 2.41. The maximum absolute atomic E-state index is 9.29. The number of unbranched alkanes of at least 4 members (excludes halogenated alkanes) is 1. The van der Waals surface area contributed by atoms with Crippen LogP contribution >= 0.6 is 0 Å². The average molecular weight is 228 g/mol. The van der Waals surface area contributed by atoms with E-state index in [2.05, 4.69) is 19.6 Å². The lowest BCUT2D eigenvalue weighted by Crippen LogP contribution is -2.12. The van der Waals surface area contributed by atoms with Crippen molar-refractivity contribution < 1.29 is 5.11 Å². The molecule has 0 spiro atoms. The van der Waals surface area contributed by atoms with Gasteiger partial charge in [-0.3, -0.25) is 0 Å². The number of benzene rings is 1. The Morgan fingerprint density at radius 3 is 2.59 bits per heavy atom. The molecule has 1 aromatic carbocycles. The van der Waals surface area contributed by atoms with E-state index in [9.17, 15) is 5.11 Å². The third-order valence-corrected chi connectivity index (χ3v) is 3.48. The van der Waals surface area contributed by atoms with Crippen molar-refractivity contribution in [1.82, 2.24) is 0 Å². The molecule has 1 nitrogen and oxygen atoms in total. The van der Waals surface area contributed by atoms with Crippen LogP contribution in [0.2, 0.25) is 0 Å². The quantitative estimate of drug-likeness (QED) is 0.783. The molecule has 0 heterocycles. The number of phenolic OH excluding ortho intramolecular Hbond substituents is 1. The molecule has 17 heavy (non-hydrogen) atoms. The van der Waals surface area contributed by atoms with Gasteiger partial charge in [-0.1, -0.05) is 43.7 Å². The van der Waals surface area contributed by atoms with E-state index in [-0.39, 0.29) is 0 Å². The SMILES string of the molecule is C=C(CCCC)C1=CCC1c1ccc(O)cc1. The number of rotatable bonds is 5. The van der Waals surface area contributed by atoms with E-state index >= 15 is 0 Å². The third kappa shape index (κ3) is 2.60. The zero-order chi connectivity index (χ0) is 12.3. The van der Waals surface area contributed by atoms with Crippen molar-refractivity contribution >= 4 is 0 Å². The van der Waals surface area contributed by atoms with Crippen molar-refractivity contribution in [3.63, 3.8) is 0 Å². The van der Waals surface area contributed by atoms with E-state index in [1.165, 1.54) is 29.6 Å². The smallest absolute Gasteiger partial charge is 0.115 e. The van der Waals surface area contributed by atoms with Crippen molar-refractivity contribution in [2.75, 3.05) is 0 Å². The number of hydrogen-bond acceptors (Lipinski definition) is 1. The number of aromatic hydroxyl groups is 1. The first-order valence-corrected chi connectivity index (χ1v) is 6.39. The van der Waals surface area contributed by atoms with E-state index in [0.717, 1.165) is 12.8 Å². The highest BCUT2D eigenvalue weighted by atomic mass is 16.3. The topological polar surface area (TPSA) is 20.2 Å². The molecule has 0 saturated heterocycles. The third-order valence-electron chi connectivity index (χ3n) is 3.48. The maximum atomic E-state index is 9.29. The Morgan fingerprint density at radius 1 is 1.35 bits per heavy atom. The summed E-state index contributed by atoms with van der Waals surface area (Å²) in [7, 11) is 0. The lowest BCUT2D eigenvalue weighted by Gasteiger charge is -2.29. The monoisotopic (exact) mass is 228 g/mol. The van der Waals surface area contributed by atoms with E-state index < -0.39 is 0 Å². The van der Waals surface area contributed by atoms with Crippen LogP contribution in [0.25, 0.3) is 0 Å². The Balaban J connectivity index is 2.03. The van der Waals surface area contributed by atoms with Crippen LogP contribution < -0.4 is 0 Å². The average Bonchev–Trinajstić information content (AvgIpc) is 2.28. The molecule has 0 saturated carbocycles. The summed E-state index contributed by atoms with van der Waals surface area (Å²) in [6.07, 6.45) is 6.94. The van der Waals surface area contributed by atoms with Gasteiger partial charge in [0.05, 0.1) is 0 Å². The van der Waals surface area contributed by atoms with E-state index in [1.807, 2.05) is 12.1 Å². The molecule has 1 atom stereocenters. The Labute approximate surface area is 103 Å². The number of hydrogen-bond donors (Lipinski definition) is 1. The summed E-state index contributed by atoms with van der Waals surface area (Å²) >= 11 is 0. The van der Waals surface area contributed by atoms with E-state index in [4.69, 9.17) is 0 Å². The summed E-state index contributed by atoms with van der Waals surface area (Å²) in [5.41, 5.74) is 3.98. The molecular formula is C16H20O. The fourth-order valence-electron chi connectivity index (χ4n) is 2.30. The van der Waals surface area contributed by atoms with Crippen molar-refractivity contribution in [1.29, 1.82) is 0 Å². The summed E-state index contributed by atoms with van der Waals surface area (Å²) in [6, 6.07) is 7.56. The highest BCUT2D eigenvalue weighted by Gasteiger charge is 2.24. The van der Waals surface area contributed by atoms with Crippen molar-refractivity contribution in [3.8, 4) is 5.75 Å². The molecular weight excluding hydrogens is 208 g/mol. The van der Waals surface area contributed by atoms with Gasteiger partial charge in [0.15, 0.2) is 0 Å². The highest BCUT2D eigenvalue weighted by molar-refractivity contribution is 5.46. The largest absolute Gasteiger partial charge is 0.508 e. The summed E-state index contributed by atoms with van der Waals surface area (Å²) < 4.78 is 0. The molecule has 1 aliphatic rings. The van der Waals surface area contributed by atoms with E-state index in [0.29, 0.717) is 11.7 Å². The second kappa shape index (κ2) is 5.22. The van der Waals surface area contributed by atoms with Gasteiger partial charge in [-0.2, -0.15) is 0 Å². The van der Waals surface area contributed by atoms with Gasteiger partial charge in [0.25, 0.3) is 0 Å². The Morgan fingerprint density at radius 2 is 2.06 bits per heavy atom. The molecule has 0 radical (unpaired) electrons. The summed E-state index contributed by atoms with van der Waals surface area (Å²) in [6.45, 7) is 6.40. The predicted molar refractivity (Wildman–Crippen MR) is 72.2 cm³/mol. The molecule has 0 aromatic heterocycles.